The van der Waals surface area contributed by atoms with Crippen LogP contribution in [-0.2, 0) is 19.4 Å². The number of imidazole rings is 1. The number of carbonyl (C=O) groups is 1. The van der Waals surface area contributed by atoms with E-state index in [-0.39, 0.29) is 0 Å². The number of fused-ring (bicyclic) bond motifs is 2. The average Bonchev–Trinajstić information content (AvgIpc) is 3.51. The fourth-order valence-corrected chi connectivity index (χ4v) is 5.59. The van der Waals surface area contributed by atoms with Crippen molar-refractivity contribution in [1.82, 2.24) is 19.2 Å². The van der Waals surface area contributed by atoms with Gasteiger partial charge in [0.25, 0.3) is 0 Å². The smallest absolute Gasteiger partial charge is 0.336 e. The van der Waals surface area contributed by atoms with Gasteiger partial charge < -0.3 is 9.67 Å². The quantitative estimate of drug-likeness (QED) is 0.209. The third-order valence-electron chi connectivity index (χ3n) is 7.47. The van der Waals surface area contributed by atoms with Gasteiger partial charge in [0.2, 0.25) is 0 Å². The highest BCUT2D eigenvalue weighted by molar-refractivity contribution is 5.96. The molecule has 0 aliphatic heterocycles. The molecule has 0 saturated heterocycles. The molecule has 0 spiro atoms. The van der Waals surface area contributed by atoms with Crippen LogP contribution >= 0.6 is 0 Å². The van der Waals surface area contributed by atoms with Gasteiger partial charge in [-0.1, -0.05) is 74.9 Å². The van der Waals surface area contributed by atoms with E-state index in [9.17, 15) is 9.90 Å². The van der Waals surface area contributed by atoms with Crippen molar-refractivity contribution in [2.24, 2.45) is 0 Å². The summed E-state index contributed by atoms with van der Waals surface area (Å²) in [7, 11) is 0. The second-order valence-electron chi connectivity index (χ2n) is 10.2. The molecule has 6 nitrogen and oxygen atoms in total. The number of pyridine rings is 1. The summed E-state index contributed by atoms with van der Waals surface area (Å²) >= 11 is 0. The number of carboxylic acids is 1. The molecule has 6 aromatic rings. The highest BCUT2D eigenvalue weighted by atomic mass is 16.4. The molecule has 0 aliphatic carbocycles. The minimum Gasteiger partial charge on any atom is -0.478 e. The molecule has 0 amide bonds. The van der Waals surface area contributed by atoms with Crippen molar-refractivity contribution in [2.45, 2.75) is 46.1 Å². The van der Waals surface area contributed by atoms with Crippen LogP contribution in [0.4, 0.5) is 0 Å². The third-order valence-corrected chi connectivity index (χ3v) is 7.47. The largest absolute Gasteiger partial charge is 0.478 e. The molecule has 3 aromatic heterocycles. The molecule has 200 valence electrons. The molecule has 40 heavy (non-hydrogen) atoms. The molecular formula is C34H32N4O2. The van der Waals surface area contributed by atoms with Crippen LogP contribution in [0.15, 0.2) is 91.1 Å². The van der Waals surface area contributed by atoms with Crippen molar-refractivity contribution in [3.8, 4) is 22.5 Å². The van der Waals surface area contributed by atoms with Crippen molar-refractivity contribution in [2.75, 3.05) is 0 Å². The Kier molecular flexibility index (Phi) is 6.91. The van der Waals surface area contributed by atoms with E-state index >= 15 is 0 Å². The molecule has 6 heteroatoms. The van der Waals surface area contributed by atoms with E-state index in [1.165, 1.54) is 5.56 Å². The maximum absolute atomic E-state index is 11.7. The molecule has 0 atom stereocenters. The second-order valence-corrected chi connectivity index (χ2v) is 10.2. The van der Waals surface area contributed by atoms with Crippen LogP contribution in [0.5, 0.6) is 0 Å². The van der Waals surface area contributed by atoms with Crippen LogP contribution in [-0.4, -0.2) is 30.2 Å². The van der Waals surface area contributed by atoms with Crippen LogP contribution in [0.3, 0.4) is 0 Å². The summed E-state index contributed by atoms with van der Waals surface area (Å²) in [6, 6.07) is 28.0. The Hall–Kier alpha value is -4.71. The maximum atomic E-state index is 11.7. The number of carboxylic acid groups (broad SMARTS) is 1. The summed E-state index contributed by atoms with van der Waals surface area (Å²) in [5, 5.41) is 14.6. The molecular weight excluding hydrogens is 496 g/mol. The number of nitrogens with zero attached hydrogens (tertiary/aromatic N) is 4. The summed E-state index contributed by atoms with van der Waals surface area (Å²) in [6.07, 6.45) is 5.75. The molecule has 0 fully saturated rings. The Balaban J connectivity index is 1.40. The molecule has 3 heterocycles. The van der Waals surface area contributed by atoms with E-state index in [0.717, 1.165) is 82.6 Å². The van der Waals surface area contributed by atoms with Crippen molar-refractivity contribution in [3.63, 3.8) is 0 Å². The normalized spacial score (nSPS) is 11.4. The first-order valence-electron chi connectivity index (χ1n) is 13.9. The van der Waals surface area contributed by atoms with Crippen molar-refractivity contribution in [1.29, 1.82) is 0 Å². The lowest BCUT2D eigenvalue weighted by Gasteiger charge is -2.10. The van der Waals surface area contributed by atoms with Crippen molar-refractivity contribution in [3.05, 3.63) is 114 Å². The number of aromatic carboxylic acids is 1. The van der Waals surface area contributed by atoms with E-state index < -0.39 is 5.97 Å². The predicted octanol–water partition coefficient (Wildman–Crippen LogP) is 7.67. The Morgan fingerprint density at radius 2 is 1.62 bits per heavy atom. The van der Waals surface area contributed by atoms with E-state index in [0.29, 0.717) is 5.56 Å². The lowest BCUT2D eigenvalue weighted by atomic mass is 9.96. The number of benzene rings is 3. The monoisotopic (exact) mass is 528 g/mol. The Bertz CT molecular complexity index is 1830. The molecule has 0 saturated carbocycles. The fourth-order valence-electron chi connectivity index (χ4n) is 5.59. The van der Waals surface area contributed by atoms with Crippen LogP contribution in [0.25, 0.3) is 39.1 Å². The predicted molar refractivity (Wildman–Crippen MR) is 160 cm³/mol. The number of aryl methyl sites for hydroxylation is 2. The van der Waals surface area contributed by atoms with Gasteiger partial charge in [0.15, 0.2) is 0 Å². The molecule has 3 aromatic carbocycles. The van der Waals surface area contributed by atoms with Crippen molar-refractivity contribution < 1.29 is 9.90 Å². The number of rotatable bonds is 9. The Labute approximate surface area is 233 Å². The van der Waals surface area contributed by atoms with Gasteiger partial charge >= 0.3 is 5.97 Å². The third kappa shape index (κ3) is 4.66. The molecule has 0 bridgehead atoms. The Morgan fingerprint density at radius 1 is 0.850 bits per heavy atom. The summed E-state index contributed by atoms with van der Waals surface area (Å²) in [5.41, 5.74) is 9.77. The first-order chi connectivity index (χ1) is 19.6. The number of para-hydroxylation sites is 2. The molecule has 0 aliphatic rings. The van der Waals surface area contributed by atoms with Crippen molar-refractivity contribution >= 4 is 22.5 Å². The summed E-state index contributed by atoms with van der Waals surface area (Å²) in [5.74, 6) is 0.0645. The average molecular weight is 529 g/mol. The van der Waals surface area contributed by atoms with E-state index in [1.54, 1.807) is 12.1 Å². The van der Waals surface area contributed by atoms with Gasteiger partial charge in [0.1, 0.15) is 5.82 Å². The molecule has 0 unspecified atom stereocenters. The van der Waals surface area contributed by atoms with Gasteiger partial charge in [-0.3, -0.25) is 0 Å². The van der Waals surface area contributed by atoms with Gasteiger partial charge in [-0.2, -0.15) is 5.10 Å². The summed E-state index contributed by atoms with van der Waals surface area (Å²) < 4.78 is 4.31. The van der Waals surface area contributed by atoms with Crippen LogP contribution in [0, 0.1) is 0 Å². The number of hydrogen-bond acceptors (Lipinski definition) is 3. The maximum Gasteiger partial charge on any atom is 0.336 e. The number of hydrogen-bond donors (Lipinski definition) is 1. The topological polar surface area (TPSA) is 72.4 Å². The first kappa shape index (κ1) is 25.6. The van der Waals surface area contributed by atoms with Gasteiger partial charge in [0, 0.05) is 30.3 Å². The van der Waals surface area contributed by atoms with E-state index in [4.69, 9.17) is 10.1 Å². The highest BCUT2D eigenvalue weighted by Crippen LogP contribution is 2.30. The molecule has 0 radical (unpaired) electrons. The lowest BCUT2D eigenvalue weighted by Crippen LogP contribution is -2.00. The van der Waals surface area contributed by atoms with Gasteiger partial charge in [-0.05, 0) is 59.9 Å². The highest BCUT2D eigenvalue weighted by Gasteiger charge is 2.17. The molecule has 6 rings (SSSR count). The zero-order valence-corrected chi connectivity index (χ0v) is 22.8. The summed E-state index contributed by atoms with van der Waals surface area (Å²) in [6.45, 7) is 5.28. The lowest BCUT2D eigenvalue weighted by molar-refractivity contribution is 0.0697. The van der Waals surface area contributed by atoms with Gasteiger partial charge in [-0.25, -0.2) is 14.3 Å². The summed E-state index contributed by atoms with van der Waals surface area (Å²) in [4.78, 5) is 16.7. The molecule has 1 N–H and O–H groups in total. The van der Waals surface area contributed by atoms with E-state index in [1.807, 2.05) is 34.8 Å². The first-order valence-corrected chi connectivity index (χ1v) is 13.9. The SMILES string of the molecule is CCCc1nn2ccc(-c3nc4ccccc4n3CCC)cc2c1Cc1ccc(-c2ccccc2C(=O)O)cc1. The second kappa shape index (κ2) is 10.8. The van der Waals surface area contributed by atoms with Crippen LogP contribution in [0.1, 0.15) is 53.9 Å². The zero-order chi connectivity index (χ0) is 27.6. The fraction of sp³-hybridized carbons (Fsp3) is 0.206. The van der Waals surface area contributed by atoms with Crippen LogP contribution < -0.4 is 0 Å². The Morgan fingerprint density at radius 3 is 2.40 bits per heavy atom. The van der Waals surface area contributed by atoms with Crippen LogP contribution in [0.2, 0.25) is 0 Å². The minimum absolute atomic E-state index is 0.310. The minimum atomic E-state index is -0.918. The van der Waals surface area contributed by atoms with E-state index in [2.05, 4.69) is 67.1 Å². The standard InChI is InChI=1S/C34H32N4O2/c1-3-9-29-28(21-23-14-16-24(17-15-23)26-10-5-6-11-27(26)34(39)40)32-22-25(18-20-38(32)36-29)33-35-30-12-7-8-13-31(30)37(33)19-4-2/h5-8,10-18,20,22H,3-4,9,19,21H2,1-2H3,(H,39,40). The van der Waals surface area contributed by atoms with Gasteiger partial charge in [0.05, 0.1) is 27.8 Å². The number of aromatic nitrogens is 4. The zero-order valence-electron chi connectivity index (χ0n) is 22.8. The van der Waals surface area contributed by atoms with Gasteiger partial charge in [-0.15, -0.1) is 0 Å².